The highest BCUT2D eigenvalue weighted by Gasteiger charge is 2.07. The van der Waals surface area contributed by atoms with Crippen LogP contribution in [0.25, 0.3) is 24.3 Å². The third kappa shape index (κ3) is 10.4. The summed E-state index contributed by atoms with van der Waals surface area (Å²) in [6, 6.07) is 13.6. The van der Waals surface area contributed by atoms with Gasteiger partial charge in [-0.2, -0.15) is 9.97 Å². The molecule has 3 rings (SSSR count). The van der Waals surface area contributed by atoms with E-state index in [0.29, 0.717) is 47.0 Å². The number of nitrogens with zero attached hydrogens (tertiary/aromatic N) is 2. The smallest absolute Gasteiger partial charge is 0.317 e. The van der Waals surface area contributed by atoms with Crippen molar-refractivity contribution < 1.29 is 23.7 Å². The summed E-state index contributed by atoms with van der Waals surface area (Å²) in [6.45, 7) is 0.515. The zero-order valence-corrected chi connectivity index (χ0v) is 24.8. The number of benzene rings is 2. The summed E-state index contributed by atoms with van der Waals surface area (Å²) in [5.74, 6) is 3.51. The molecule has 0 aliphatic carbocycles. The second-order valence-electron chi connectivity index (χ2n) is 8.87. The molecule has 0 radical (unpaired) electrons. The standard InChI is InChI=1S/C31H38N4O5S/c1-36-26-15-11-22(19-28(26)38-3)9-13-24-21-25(14-10-23-12-16-27(37-2)29(20-23)39-4)35-31(34-24)40-17-7-5-6-8-18-41-30(32)33/h9-16,19-21H,5-8,17-18H2,1-4H3,(H3,32,33)/b13-9+,14-10+. The number of hydrogen-bond donors (Lipinski definition) is 2. The fourth-order valence-electron chi connectivity index (χ4n) is 3.88. The van der Waals surface area contributed by atoms with Crippen LogP contribution in [0.2, 0.25) is 0 Å². The summed E-state index contributed by atoms with van der Waals surface area (Å²) in [4.78, 5) is 9.22. The lowest BCUT2D eigenvalue weighted by Crippen LogP contribution is -2.05. The van der Waals surface area contributed by atoms with E-state index < -0.39 is 0 Å². The van der Waals surface area contributed by atoms with E-state index in [1.54, 1.807) is 28.4 Å². The molecule has 0 saturated heterocycles. The van der Waals surface area contributed by atoms with E-state index in [-0.39, 0.29) is 5.17 Å². The van der Waals surface area contributed by atoms with Gasteiger partial charge >= 0.3 is 6.01 Å². The molecule has 0 amide bonds. The molecule has 0 spiro atoms. The summed E-state index contributed by atoms with van der Waals surface area (Å²) in [5, 5.41) is 7.44. The summed E-state index contributed by atoms with van der Waals surface area (Å²) in [6.07, 6.45) is 11.7. The Labute approximate surface area is 246 Å². The number of amidine groups is 1. The largest absolute Gasteiger partial charge is 0.493 e. The number of nitrogens with one attached hydrogen (secondary N) is 1. The van der Waals surface area contributed by atoms with Crippen molar-refractivity contribution in [2.45, 2.75) is 25.7 Å². The minimum Gasteiger partial charge on any atom is -0.493 e. The van der Waals surface area contributed by atoms with Crippen molar-refractivity contribution >= 4 is 41.2 Å². The molecule has 3 N–H and O–H groups in total. The van der Waals surface area contributed by atoms with E-state index in [2.05, 4.69) is 9.97 Å². The van der Waals surface area contributed by atoms with Gasteiger partial charge in [-0.05, 0) is 66.5 Å². The van der Waals surface area contributed by atoms with E-state index in [0.717, 1.165) is 42.6 Å². The molecule has 0 bridgehead atoms. The van der Waals surface area contributed by atoms with Crippen molar-refractivity contribution in [2.24, 2.45) is 5.73 Å². The molecule has 41 heavy (non-hydrogen) atoms. The van der Waals surface area contributed by atoms with Crippen LogP contribution >= 0.6 is 11.8 Å². The fourth-order valence-corrected chi connectivity index (χ4v) is 4.45. The molecule has 0 aliphatic heterocycles. The van der Waals surface area contributed by atoms with E-state index in [1.807, 2.05) is 66.8 Å². The first-order valence-electron chi connectivity index (χ1n) is 13.2. The van der Waals surface area contributed by atoms with Crippen LogP contribution in [-0.4, -0.2) is 55.9 Å². The van der Waals surface area contributed by atoms with Crippen molar-refractivity contribution in [3.05, 3.63) is 65.0 Å². The Morgan fingerprint density at radius 3 is 1.71 bits per heavy atom. The SMILES string of the molecule is COc1ccc(/C=C/c2cc(/C=C/c3ccc(OC)c(OC)c3)nc(OCCCCCCSC(=N)N)n2)cc1OC. The average molecular weight is 579 g/mol. The molecule has 218 valence electrons. The third-order valence-corrected chi connectivity index (χ3v) is 6.78. The molecule has 0 unspecified atom stereocenters. The quantitative estimate of drug-likeness (QED) is 0.113. The summed E-state index contributed by atoms with van der Waals surface area (Å²) >= 11 is 1.38. The molecule has 10 heteroatoms. The van der Waals surface area contributed by atoms with E-state index in [1.165, 1.54) is 11.8 Å². The number of methoxy groups -OCH3 is 4. The predicted molar refractivity (Wildman–Crippen MR) is 167 cm³/mol. The zero-order valence-electron chi connectivity index (χ0n) is 24.0. The lowest BCUT2D eigenvalue weighted by Gasteiger charge is -2.08. The van der Waals surface area contributed by atoms with Crippen LogP contribution in [0, 0.1) is 5.41 Å². The van der Waals surface area contributed by atoms with Gasteiger partial charge in [-0.25, -0.2) is 0 Å². The molecule has 3 aromatic rings. The highest BCUT2D eigenvalue weighted by atomic mass is 32.2. The van der Waals surface area contributed by atoms with Crippen LogP contribution in [0.4, 0.5) is 0 Å². The zero-order chi connectivity index (χ0) is 29.5. The highest BCUT2D eigenvalue weighted by Crippen LogP contribution is 2.29. The molecule has 0 saturated carbocycles. The summed E-state index contributed by atoms with van der Waals surface area (Å²) in [7, 11) is 6.45. The molecule has 1 heterocycles. The van der Waals surface area contributed by atoms with Crippen LogP contribution in [0.3, 0.4) is 0 Å². The van der Waals surface area contributed by atoms with Gasteiger partial charge in [0.05, 0.1) is 46.4 Å². The Balaban J connectivity index is 1.76. The van der Waals surface area contributed by atoms with Gasteiger partial charge in [-0.1, -0.05) is 48.9 Å². The maximum Gasteiger partial charge on any atom is 0.317 e. The molecule has 0 fully saturated rings. The number of aromatic nitrogens is 2. The maximum atomic E-state index is 7.27. The van der Waals surface area contributed by atoms with Gasteiger partial charge in [-0.3, -0.25) is 5.41 Å². The Hall–Kier alpha value is -4.18. The van der Waals surface area contributed by atoms with Crippen LogP contribution in [0.15, 0.2) is 42.5 Å². The highest BCUT2D eigenvalue weighted by molar-refractivity contribution is 8.13. The van der Waals surface area contributed by atoms with Crippen molar-refractivity contribution in [1.82, 2.24) is 9.97 Å². The van der Waals surface area contributed by atoms with Crippen molar-refractivity contribution in [3.63, 3.8) is 0 Å². The van der Waals surface area contributed by atoms with Gasteiger partial charge < -0.3 is 29.4 Å². The van der Waals surface area contributed by atoms with Crippen LogP contribution in [-0.2, 0) is 0 Å². The second-order valence-corrected chi connectivity index (χ2v) is 10.0. The number of nitrogens with two attached hydrogens (primary N) is 1. The predicted octanol–water partition coefficient (Wildman–Crippen LogP) is 6.42. The average Bonchev–Trinajstić information content (AvgIpc) is 2.99. The van der Waals surface area contributed by atoms with Crippen LogP contribution in [0.5, 0.6) is 29.0 Å². The van der Waals surface area contributed by atoms with Crippen LogP contribution < -0.4 is 29.4 Å². The first-order valence-corrected chi connectivity index (χ1v) is 14.2. The van der Waals surface area contributed by atoms with Crippen molar-refractivity contribution in [2.75, 3.05) is 40.8 Å². The topological polar surface area (TPSA) is 122 Å². The minimum atomic E-state index is 0.168. The first kappa shape index (κ1) is 31.3. The third-order valence-electron chi connectivity index (χ3n) is 5.98. The second kappa shape index (κ2) is 16.8. The van der Waals surface area contributed by atoms with Gasteiger partial charge in [0.25, 0.3) is 0 Å². The number of ether oxygens (including phenoxy) is 5. The Bertz CT molecular complexity index is 1260. The molecule has 1 aromatic heterocycles. The Morgan fingerprint density at radius 1 is 0.707 bits per heavy atom. The van der Waals surface area contributed by atoms with E-state index in [9.17, 15) is 0 Å². The van der Waals surface area contributed by atoms with Gasteiger partial charge in [0.2, 0.25) is 0 Å². The van der Waals surface area contributed by atoms with Crippen LogP contribution in [0.1, 0.15) is 48.2 Å². The Kier molecular flexibility index (Phi) is 12.9. The van der Waals surface area contributed by atoms with Gasteiger partial charge in [-0.15, -0.1) is 0 Å². The molecule has 2 aromatic carbocycles. The number of rotatable bonds is 16. The normalized spacial score (nSPS) is 11.1. The van der Waals surface area contributed by atoms with Crippen molar-refractivity contribution in [1.29, 1.82) is 5.41 Å². The molecule has 0 aliphatic rings. The number of hydrogen-bond acceptors (Lipinski definition) is 9. The summed E-state index contributed by atoms with van der Waals surface area (Å²) in [5.41, 5.74) is 8.67. The fraction of sp³-hybridized carbons (Fsp3) is 0.323. The molecule has 0 atom stereocenters. The molecular formula is C31H38N4O5S. The number of thioether (sulfide) groups is 1. The van der Waals surface area contributed by atoms with Gasteiger partial charge in [0.1, 0.15) is 0 Å². The minimum absolute atomic E-state index is 0.168. The molecular weight excluding hydrogens is 540 g/mol. The first-order chi connectivity index (χ1) is 19.9. The van der Waals surface area contributed by atoms with E-state index >= 15 is 0 Å². The monoisotopic (exact) mass is 578 g/mol. The summed E-state index contributed by atoms with van der Waals surface area (Å²) < 4.78 is 27.5. The Morgan fingerprint density at radius 2 is 1.22 bits per heavy atom. The number of unbranched alkanes of at least 4 members (excludes halogenated alkanes) is 3. The van der Waals surface area contributed by atoms with E-state index in [4.69, 9.17) is 34.8 Å². The van der Waals surface area contributed by atoms with Crippen molar-refractivity contribution in [3.8, 4) is 29.0 Å². The lowest BCUT2D eigenvalue weighted by atomic mass is 10.1. The van der Waals surface area contributed by atoms with Gasteiger partial charge in [0, 0.05) is 5.75 Å². The maximum absolute atomic E-state index is 7.27. The molecule has 9 nitrogen and oxygen atoms in total. The lowest BCUT2D eigenvalue weighted by molar-refractivity contribution is 0.281. The van der Waals surface area contributed by atoms with Gasteiger partial charge in [0.15, 0.2) is 28.2 Å².